The van der Waals surface area contributed by atoms with Gasteiger partial charge in [-0.3, -0.25) is 4.99 Å². The van der Waals surface area contributed by atoms with Crippen molar-refractivity contribution in [3.05, 3.63) is 0 Å². The second-order valence-corrected chi connectivity index (χ2v) is 8.72. The molecule has 0 amide bonds. The molecule has 3 heteroatoms. The lowest BCUT2D eigenvalue weighted by molar-refractivity contribution is 0.245. The van der Waals surface area contributed by atoms with E-state index in [0.29, 0.717) is 11.5 Å². The minimum atomic E-state index is 0.513. The van der Waals surface area contributed by atoms with Crippen LogP contribution >= 0.6 is 11.8 Å². The molecular formula is C17H32N2S. The molecule has 1 aliphatic carbocycles. The minimum Gasteiger partial charge on any atom is -0.361 e. The molecule has 2 aliphatic rings. The molecule has 116 valence electrons. The van der Waals surface area contributed by atoms with Gasteiger partial charge in [0.15, 0.2) is 5.17 Å². The van der Waals surface area contributed by atoms with Crippen molar-refractivity contribution >= 4 is 16.9 Å². The number of nitrogens with one attached hydrogen (secondary N) is 1. The molecule has 1 heterocycles. The second-order valence-electron chi connectivity index (χ2n) is 7.71. The predicted octanol–water partition coefficient (Wildman–Crippen LogP) is 4.70. The molecule has 0 aromatic rings. The molecule has 1 N–H and O–H groups in total. The van der Waals surface area contributed by atoms with Gasteiger partial charge in [0, 0.05) is 18.3 Å². The summed E-state index contributed by atoms with van der Waals surface area (Å²) < 4.78 is 0. The van der Waals surface area contributed by atoms with Gasteiger partial charge in [0.2, 0.25) is 0 Å². The largest absolute Gasteiger partial charge is 0.361 e. The summed E-state index contributed by atoms with van der Waals surface area (Å²) in [6.07, 6.45) is 8.22. The van der Waals surface area contributed by atoms with Gasteiger partial charge >= 0.3 is 0 Å². The zero-order chi connectivity index (χ0) is 14.6. The van der Waals surface area contributed by atoms with Crippen molar-refractivity contribution in [2.45, 2.75) is 72.3 Å². The highest BCUT2D eigenvalue weighted by Gasteiger charge is 2.34. The highest BCUT2D eigenvalue weighted by Crippen LogP contribution is 2.43. The Morgan fingerprint density at radius 2 is 1.90 bits per heavy atom. The number of hydrogen-bond acceptors (Lipinski definition) is 2. The first-order valence-electron chi connectivity index (χ1n) is 8.43. The zero-order valence-electron chi connectivity index (χ0n) is 13.7. The van der Waals surface area contributed by atoms with Crippen LogP contribution in [0.5, 0.6) is 0 Å². The van der Waals surface area contributed by atoms with E-state index in [-0.39, 0.29) is 0 Å². The number of amidine groups is 1. The lowest BCUT2D eigenvalue weighted by Gasteiger charge is -2.29. The molecule has 0 bridgehead atoms. The van der Waals surface area contributed by atoms with Crippen LogP contribution in [0.4, 0.5) is 0 Å². The normalized spacial score (nSPS) is 27.7. The van der Waals surface area contributed by atoms with Crippen LogP contribution < -0.4 is 5.32 Å². The van der Waals surface area contributed by atoms with Gasteiger partial charge in [-0.2, -0.15) is 0 Å². The van der Waals surface area contributed by atoms with E-state index >= 15 is 0 Å². The van der Waals surface area contributed by atoms with Crippen LogP contribution in [0.1, 0.15) is 66.2 Å². The van der Waals surface area contributed by atoms with Gasteiger partial charge in [-0.1, -0.05) is 52.3 Å². The molecule has 1 atom stereocenters. The van der Waals surface area contributed by atoms with E-state index in [0.717, 1.165) is 18.4 Å². The molecule has 0 aromatic carbocycles. The molecule has 20 heavy (non-hydrogen) atoms. The fourth-order valence-electron chi connectivity index (χ4n) is 3.88. The van der Waals surface area contributed by atoms with E-state index in [4.69, 9.17) is 4.99 Å². The lowest BCUT2D eigenvalue weighted by atomic mass is 9.79. The molecule has 0 aromatic heterocycles. The summed E-state index contributed by atoms with van der Waals surface area (Å²) in [5.41, 5.74) is 0.513. The zero-order valence-corrected chi connectivity index (χ0v) is 14.6. The summed E-state index contributed by atoms with van der Waals surface area (Å²) in [6, 6.07) is 0.642. The Bertz CT molecular complexity index is 330. The third-order valence-corrected chi connectivity index (χ3v) is 5.66. The van der Waals surface area contributed by atoms with Crippen molar-refractivity contribution in [3.8, 4) is 0 Å². The van der Waals surface area contributed by atoms with Crippen LogP contribution in [0.25, 0.3) is 0 Å². The maximum atomic E-state index is 4.96. The van der Waals surface area contributed by atoms with Gasteiger partial charge in [0.05, 0.1) is 0 Å². The first-order chi connectivity index (χ1) is 9.49. The summed E-state index contributed by atoms with van der Waals surface area (Å²) in [6.45, 7) is 10.4. The van der Waals surface area contributed by atoms with E-state index in [1.807, 2.05) is 11.8 Å². The van der Waals surface area contributed by atoms with E-state index in [2.05, 4.69) is 33.0 Å². The molecule has 2 nitrogen and oxygen atoms in total. The van der Waals surface area contributed by atoms with Crippen molar-refractivity contribution in [2.75, 3.05) is 12.3 Å². The van der Waals surface area contributed by atoms with Crippen molar-refractivity contribution in [1.29, 1.82) is 0 Å². The fraction of sp³-hybridized carbons (Fsp3) is 0.941. The smallest absolute Gasteiger partial charge is 0.156 e. The van der Waals surface area contributed by atoms with Gasteiger partial charge in [-0.05, 0) is 42.9 Å². The van der Waals surface area contributed by atoms with Crippen LogP contribution in [0.3, 0.4) is 0 Å². The van der Waals surface area contributed by atoms with Crippen molar-refractivity contribution < 1.29 is 0 Å². The highest BCUT2D eigenvalue weighted by atomic mass is 32.2. The van der Waals surface area contributed by atoms with Crippen molar-refractivity contribution in [1.82, 2.24) is 5.32 Å². The Balaban J connectivity index is 1.87. The first kappa shape index (κ1) is 16.2. The Morgan fingerprint density at radius 3 is 2.50 bits per heavy atom. The van der Waals surface area contributed by atoms with Crippen LogP contribution in [0.2, 0.25) is 0 Å². The lowest BCUT2D eigenvalue weighted by Crippen LogP contribution is -2.29. The van der Waals surface area contributed by atoms with Crippen LogP contribution in [-0.2, 0) is 0 Å². The molecule has 2 fully saturated rings. The summed E-state index contributed by atoms with van der Waals surface area (Å²) in [7, 11) is 0. The van der Waals surface area contributed by atoms with Gasteiger partial charge in [-0.15, -0.1) is 0 Å². The topological polar surface area (TPSA) is 24.4 Å². The third kappa shape index (κ3) is 4.68. The standard InChI is InChI=1S/C17H32N2S/c1-13(2)9-15-11-20-16(19-15)18-12-17(10-14(3)4)7-5-6-8-17/h13-15H,5-12H2,1-4H3,(H,18,19). The van der Waals surface area contributed by atoms with Crippen LogP contribution in [-0.4, -0.2) is 23.5 Å². The monoisotopic (exact) mass is 296 g/mol. The molecule has 1 aliphatic heterocycles. The number of aliphatic imine (C=N–C) groups is 1. The minimum absolute atomic E-state index is 0.513. The van der Waals surface area contributed by atoms with Crippen molar-refractivity contribution in [2.24, 2.45) is 22.2 Å². The third-order valence-electron chi connectivity index (χ3n) is 4.57. The van der Waals surface area contributed by atoms with Gasteiger partial charge in [0.25, 0.3) is 0 Å². The van der Waals surface area contributed by atoms with E-state index in [1.165, 1.54) is 49.4 Å². The Morgan fingerprint density at radius 1 is 1.20 bits per heavy atom. The van der Waals surface area contributed by atoms with E-state index in [1.54, 1.807) is 0 Å². The molecule has 1 saturated heterocycles. The highest BCUT2D eigenvalue weighted by molar-refractivity contribution is 8.14. The SMILES string of the molecule is CC(C)CC1CSC(=NCC2(CC(C)C)CCCC2)N1. The predicted molar refractivity (Wildman–Crippen MR) is 91.5 cm³/mol. The second kappa shape index (κ2) is 7.20. The average molecular weight is 297 g/mol. The van der Waals surface area contributed by atoms with Gasteiger partial charge < -0.3 is 5.32 Å². The molecule has 1 saturated carbocycles. The Hall–Kier alpha value is -0.180. The summed E-state index contributed by atoms with van der Waals surface area (Å²) in [5, 5.41) is 4.84. The Labute approximate surface area is 129 Å². The van der Waals surface area contributed by atoms with E-state index in [9.17, 15) is 0 Å². The number of thioether (sulfide) groups is 1. The molecular weight excluding hydrogens is 264 g/mol. The first-order valence-corrected chi connectivity index (χ1v) is 9.41. The number of rotatable bonds is 6. The average Bonchev–Trinajstić information content (AvgIpc) is 2.95. The molecule has 0 radical (unpaired) electrons. The molecule has 2 rings (SSSR count). The summed E-state index contributed by atoms with van der Waals surface area (Å²) >= 11 is 1.93. The summed E-state index contributed by atoms with van der Waals surface area (Å²) in [5.74, 6) is 2.77. The maximum absolute atomic E-state index is 4.96. The number of nitrogens with zero attached hydrogens (tertiary/aromatic N) is 1. The Kier molecular flexibility index (Phi) is 5.83. The molecule has 0 spiro atoms. The quantitative estimate of drug-likeness (QED) is 0.768. The van der Waals surface area contributed by atoms with Crippen molar-refractivity contribution in [3.63, 3.8) is 0 Å². The van der Waals surface area contributed by atoms with Gasteiger partial charge in [-0.25, -0.2) is 0 Å². The van der Waals surface area contributed by atoms with E-state index < -0.39 is 0 Å². The fourth-order valence-corrected chi connectivity index (χ4v) is 4.87. The van der Waals surface area contributed by atoms with Crippen LogP contribution in [0.15, 0.2) is 4.99 Å². The van der Waals surface area contributed by atoms with Gasteiger partial charge in [0.1, 0.15) is 0 Å². The summed E-state index contributed by atoms with van der Waals surface area (Å²) in [4.78, 5) is 4.96. The maximum Gasteiger partial charge on any atom is 0.156 e. The van der Waals surface area contributed by atoms with Crippen LogP contribution in [0, 0.1) is 17.3 Å². The molecule has 1 unspecified atom stereocenters. The number of hydrogen-bond donors (Lipinski definition) is 1.